The van der Waals surface area contributed by atoms with Crippen molar-refractivity contribution in [3.8, 4) is 0 Å². The first-order valence-corrected chi connectivity index (χ1v) is 10.6. The van der Waals surface area contributed by atoms with Crippen molar-refractivity contribution in [2.24, 2.45) is 0 Å². The predicted octanol–water partition coefficient (Wildman–Crippen LogP) is 1.02. The van der Waals surface area contributed by atoms with Crippen molar-refractivity contribution in [1.82, 2.24) is 14.5 Å². The Hall–Kier alpha value is -2.78. The minimum Gasteiger partial charge on any atom is -0.347 e. The topological polar surface area (TPSA) is 86.8 Å². The van der Waals surface area contributed by atoms with Crippen LogP contribution < -0.4 is 5.32 Å². The van der Waals surface area contributed by atoms with Gasteiger partial charge >= 0.3 is 0 Å². The van der Waals surface area contributed by atoms with E-state index in [9.17, 15) is 22.4 Å². The van der Waals surface area contributed by atoms with E-state index in [1.165, 1.54) is 21.3 Å². The number of halogens is 1. The van der Waals surface area contributed by atoms with Crippen molar-refractivity contribution in [1.29, 1.82) is 0 Å². The fourth-order valence-electron chi connectivity index (χ4n) is 3.06. The normalized spacial score (nSPS) is 15.1. The molecule has 9 heteroatoms. The first-order chi connectivity index (χ1) is 13.9. The molecule has 2 aromatic carbocycles. The number of hydrogen-bond donors (Lipinski definition) is 1. The van der Waals surface area contributed by atoms with E-state index in [4.69, 9.17) is 0 Å². The molecule has 0 atom stereocenters. The lowest BCUT2D eigenvalue weighted by molar-refractivity contribution is -0.133. The van der Waals surface area contributed by atoms with Crippen molar-refractivity contribution in [3.05, 3.63) is 66.0 Å². The number of carbonyl (C=O) groups is 2. The van der Waals surface area contributed by atoms with Crippen LogP contribution in [-0.4, -0.2) is 62.2 Å². The highest BCUT2D eigenvalue weighted by molar-refractivity contribution is 7.89. The predicted molar refractivity (Wildman–Crippen MR) is 105 cm³/mol. The molecule has 1 heterocycles. The Labute approximate surface area is 169 Å². The fourth-order valence-corrected chi connectivity index (χ4v) is 4.49. The Kier molecular flexibility index (Phi) is 6.60. The Balaban J connectivity index is 1.48. The summed E-state index contributed by atoms with van der Waals surface area (Å²) in [7, 11) is -3.73. The molecule has 7 nitrogen and oxygen atoms in total. The van der Waals surface area contributed by atoms with E-state index in [0.29, 0.717) is 0 Å². The largest absolute Gasteiger partial charge is 0.347 e. The maximum absolute atomic E-state index is 13.0. The number of nitrogens with one attached hydrogen (secondary N) is 1. The van der Waals surface area contributed by atoms with Crippen LogP contribution in [0.4, 0.5) is 4.39 Å². The molecule has 0 bridgehead atoms. The monoisotopic (exact) mass is 419 g/mol. The van der Waals surface area contributed by atoms with Crippen LogP contribution in [0.25, 0.3) is 0 Å². The summed E-state index contributed by atoms with van der Waals surface area (Å²) < 4.78 is 39.5. The molecule has 29 heavy (non-hydrogen) atoms. The molecule has 1 N–H and O–H groups in total. The summed E-state index contributed by atoms with van der Waals surface area (Å²) in [5.74, 6) is -1.01. The molecule has 1 aliphatic rings. The zero-order chi connectivity index (χ0) is 20.9. The van der Waals surface area contributed by atoms with E-state index >= 15 is 0 Å². The summed E-state index contributed by atoms with van der Waals surface area (Å²) in [6, 6.07) is 13.9. The number of rotatable bonds is 6. The van der Waals surface area contributed by atoms with Crippen molar-refractivity contribution in [3.63, 3.8) is 0 Å². The van der Waals surface area contributed by atoms with Gasteiger partial charge in [-0.25, -0.2) is 12.8 Å². The van der Waals surface area contributed by atoms with E-state index in [0.717, 1.165) is 17.7 Å². The van der Waals surface area contributed by atoms with E-state index in [1.807, 2.05) is 30.3 Å². The van der Waals surface area contributed by atoms with Gasteiger partial charge in [0.1, 0.15) is 5.82 Å². The molecule has 2 aromatic rings. The van der Waals surface area contributed by atoms with Gasteiger partial charge in [0, 0.05) is 26.2 Å². The van der Waals surface area contributed by atoms with Crippen LogP contribution in [0.1, 0.15) is 5.56 Å². The number of sulfonamides is 1. The summed E-state index contributed by atoms with van der Waals surface area (Å²) in [5, 5.41) is 2.60. The summed E-state index contributed by atoms with van der Waals surface area (Å²) >= 11 is 0. The maximum atomic E-state index is 13.0. The molecule has 3 rings (SSSR count). The highest BCUT2D eigenvalue weighted by Crippen LogP contribution is 2.18. The number of amides is 2. The van der Waals surface area contributed by atoms with Crippen LogP contribution in [0.3, 0.4) is 0 Å². The standard InChI is InChI=1S/C20H22FN3O4S/c21-17-6-8-18(9-7-17)29(27,28)24-12-10-23(11-13-24)20(26)15-22-19(25)14-16-4-2-1-3-5-16/h1-9H,10-15H2,(H,22,25). The summed E-state index contributed by atoms with van der Waals surface area (Å²) in [6.45, 7) is 0.616. The van der Waals surface area contributed by atoms with Crippen molar-refractivity contribution in [2.75, 3.05) is 32.7 Å². The number of benzene rings is 2. The van der Waals surface area contributed by atoms with E-state index in [2.05, 4.69) is 5.32 Å². The second-order valence-corrected chi connectivity index (χ2v) is 8.62. The van der Waals surface area contributed by atoms with Gasteiger partial charge in [-0.1, -0.05) is 30.3 Å². The summed E-state index contributed by atoms with van der Waals surface area (Å²) in [4.78, 5) is 25.8. The van der Waals surface area contributed by atoms with Crippen LogP contribution in [0.15, 0.2) is 59.5 Å². The zero-order valence-electron chi connectivity index (χ0n) is 15.8. The highest BCUT2D eigenvalue weighted by Gasteiger charge is 2.30. The molecule has 0 unspecified atom stereocenters. The first-order valence-electron chi connectivity index (χ1n) is 9.20. The third-order valence-corrected chi connectivity index (χ3v) is 6.60. The molecule has 0 aliphatic carbocycles. The molecular weight excluding hydrogens is 397 g/mol. The van der Waals surface area contributed by atoms with Gasteiger partial charge in [-0.05, 0) is 29.8 Å². The quantitative estimate of drug-likeness (QED) is 0.757. The van der Waals surface area contributed by atoms with Gasteiger partial charge in [0.15, 0.2) is 0 Å². The highest BCUT2D eigenvalue weighted by atomic mass is 32.2. The SMILES string of the molecule is O=C(Cc1ccccc1)NCC(=O)N1CCN(S(=O)(=O)c2ccc(F)cc2)CC1. The van der Waals surface area contributed by atoms with Gasteiger partial charge in [-0.2, -0.15) is 4.31 Å². The lowest BCUT2D eigenvalue weighted by Gasteiger charge is -2.34. The average Bonchev–Trinajstić information content (AvgIpc) is 2.73. The summed E-state index contributed by atoms with van der Waals surface area (Å²) in [6.07, 6.45) is 0.192. The number of nitrogens with zero attached hydrogens (tertiary/aromatic N) is 2. The van der Waals surface area contributed by atoms with Crippen LogP contribution >= 0.6 is 0 Å². The van der Waals surface area contributed by atoms with Gasteiger partial charge in [-0.3, -0.25) is 9.59 Å². The van der Waals surface area contributed by atoms with Gasteiger partial charge in [0.05, 0.1) is 17.9 Å². The molecule has 0 spiro atoms. The molecule has 0 radical (unpaired) electrons. The van der Waals surface area contributed by atoms with Gasteiger partial charge in [0.25, 0.3) is 0 Å². The van der Waals surface area contributed by atoms with Crippen LogP contribution in [-0.2, 0) is 26.0 Å². The molecule has 1 saturated heterocycles. The van der Waals surface area contributed by atoms with E-state index in [1.54, 1.807) is 0 Å². The van der Waals surface area contributed by atoms with E-state index in [-0.39, 0.29) is 55.9 Å². The van der Waals surface area contributed by atoms with Crippen molar-refractivity contribution < 1.29 is 22.4 Å². The smallest absolute Gasteiger partial charge is 0.243 e. The maximum Gasteiger partial charge on any atom is 0.243 e. The minimum atomic E-state index is -3.73. The van der Waals surface area contributed by atoms with Gasteiger partial charge in [0.2, 0.25) is 21.8 Å². The van der Waals surface area contributed by atoms with Crippen LogP contribution in [0, 0.1) is 5.82 Å². The fraction of sp³-hybridized carbons (Fsp3) is 0.300. The van der Waals surface area contributed by atoms with Crippen molar-refractivity contribution in [2.45, 2.75) is 11.3 Å². The van der Waals surface area contributed by atoms with Gasteiger partial charge in [-0.15, -0.1) is 0 Å². The third-order valence-electron chi connectivity index (χ3n) is 4.69. The Morgan fingerprint density at radius 1 is 0.931 bits per heavy atom. The molecule has 0 aromatic heterocycles. The molecular formula is C20H22FN3O4S. The number of hydrogen-bond acceptors (Lipinski definition) is 4. The lowest BCUT2D eigenvalue weighted by atomic mass is 10.1. The second-order valence-electron chi connectivity index (χ2n) is 6.68. The molecule has 0 saturated carbocycles. The summed E-state index contributed by atoms with van der Waals surface area (Å²) in [5.41, 5.74) is 0.858. The number of carbonyl (C=O) groups excluding carboxylic acids is 2. The van der Waals surface area contributed by atoms with Crippen LogP contribution in [0.5, 0.6) is 0 Å². The van der Waals surface area contributed by atoms with Gasteiger partial charge < -0.3 is 10.2 Å². The molecule has 154 valence electrons. The Bertz CT molecular complexity index is 957. The average molecular weight is 419 g/mol. The Morgan fingerprint density at radius 3 is 2.17 bits per heavy atom. The lowest BCUT2D eigenvalue weighted by Crippen LogP contribution is -2.52. The molecule has 2 amide bonds. The minimum absolute atomic E-state index is 0.0202. The zero-order valence-corrected chi connectivity index (χ0v) is 16.6. The van der Waals surface area contributed by atoms with Crippen LogP contribution in [0.2, 0.25) is 0 Å². The molecule has 1 aliphatic heterocycles. The van der Waals surface area contributed by atoms with E-state index < -0.39 is 15.8 Å². The first kappa shape index (κ1) is 20.9. The second kappa shape index (κ2) is 9.15. The Morgan fingerprint density at radius 2 is 1.55 bits per heavy atom. The van der Waals surface area contributed by atoms with Crippen molar-refractivity contribution >= 4 is 21.8 Å². The number of piperazine rings is 1. The third kappa shape index (κ3) is 5.39. The molecule has 1 fully saturated rings.